The second-order valence-corrected chi connectivity index (χ2v) is 8.25. The zero-order chi connectivity index (χ0) is 16.2. The molecule has 0 bridgehead atoms. The molecule has 4 nitrogen and oxygen atoms in total. The number of hydrogen-bond donors (Lipinski definition) is 0. The van der Waals surface area contributed by atoms with Gasteiger partial charge in [-0.3, -0.25) is 0 Å². The maximum absolute atomic E-state index is 12.8. The number of hydrogen-bond acceptors (Lipinski definition) is 3. The fourth-order valence-electron chi connectivity index (χ4n) is 2.59. The van der Waals surface area contributed by atoms with Crippen molar-refractivity contribution in [3.8, 4) is 5.75 Å². The van der Waals surface area contributed by atoms with Gasteiger partial charge in [0.1, 0.15) is 5.75 Å². The number of halogens is 1. The molecule has 1 aromatic rings. The molecule has 1 aromatic carbocycles. The molecule has 1 saturated heterocycles. The highest BCUT2D eigenvalue weighted by Crippen LogP contribution is 2.30. The molecule has 1 heterocycles. The Kier molecular flexibility index (Phi) is 6.12. The standard InChI is InChI=1S/C16H24ClNO3S/c1-3-4-10-21-16-11-14(7-8-15(16)17)22(19,20)18-9-5-6-13(2)12-18/h7-8,11,13H,3-6,9-10,12H2,1-2H3. The Morgan fingerprint density at radius 3 is 2.86 bits per heavy atom. The summed E-state index contributed by atoms with van der Waals surface area (Å²) in [6.45, 7) is 5.87. The minimum absolute atomic E-state index is 0.262. The van der Waals surface area contributed by atoms with Crippen LogP contribution in [0.3, 0.4) is 0 Å². The molecule has 6 heteroatoms. The van der Waals surface area contributed by atoms with Gasteiger partial charge in [-0.2, -0.15) is 4.31 Å². The second kappa shape index (κ2) is 7.66. The van der Waals surface area contributed by atoms with Crippen molar-refractivity contribution in [1.82, 2.24) is 4.31 Å². The lowest BCUT2D eigenvalue weighted by atomic mass is 10.0. The molecule has 1 fully saturated rings. The van der Waals surface area contributed by atoms with Gasteiger partial charge in [-0.05, 0) is 37.3 Å². The Bertz CT molecular complexity index is 603. The van der Waals surface area contributed by atoms with Crippen molar-refractivity contribution in [1.29, 1.82) is 0 Å². The highest BCUT2D eigenvalue weighted by atomic mass is 35.5. The van der Waals surface area contributed by atoms with Crippen LogP contribution < -0.4 is 4.74 Å². The van der Waals surface area contributed by atoms with Gasteiger partial charge < -0.3 is 4.74 Å². The Morgan fingerprint density at radius 2 is 2.18 bits per heavy atom. The Morgan fingerprint density at radius 1 is 1.41 bits per heavy atom. The van der Waals surface area contributed by atoms with E-state index in [2.05, 4.69) is 13.8 Å². The van der Waals surface area contributed by atoms with E-state index in [0.29, 0.717) is 36.4 Å². The van der Waals surface area contributed by atoms with Crippen LogP contribution in [-0.2, 0) is 10.0 Å². The van der Waals surface area contributed by atoms with E-state index in [-0.39, 0.29) is 4.90 Å². The molecule has 1 aliphatic rings. The number of sulfonamides is 1. The molecule has 0 spiro atoms. The third-order valence-electron chi connectivity index (χ3n) is 3.92. The predicted octanol–water partition coefficient (Wildman–Crippen LogP) is 3.94. The lowest BCUT2D eigenvalue weighted by molar-refractivity contribution is 0.281. The number of nitrogens with zero attached hydrogens (tertiary/aromatic N) is 1. The van der Waals surface area contributed by atoms with Crippen LogP contribution in [0.4, 0.5) is 0 Å². The number of unbranched alkanes of at least 4 members (excludes halogenated alkanes) is 1. The molecule has 0 aromatic heterocycles. The zero-order valence-electron chi connectivity index (χ0n) is 13.2. The molecule has 22 heavy (non-hydrogen) atoms. The minimum Gasteiger partial charge on any atom is -0.492 e. The molecule has 1 aliphatic heterocycles. The first-order chi connectivity index (χ1) is 10.4. The Balaban J connectivity index is 2.21. The van der Waals surface area contributed by atoms with E-state index >= 15 is 0 Å². The molecule has 0 radical (unpaired) electrons. The average Bonchev–Trinajstić information content (AvgIpc) is 2.49. The summed E-state index contributed by atoms with van der Waals surface area (Å²) in [5, 5.41) is 0.446. The van der Waals surface area contributed by atoms with Crippen LogP contribution in [0.25, 0.3) is 0 Å². The van der Waals surface area contributed by atoms with Gasteiger partial charge in [0.25, 0.3) is 0 Å². The van der Waals surface area contributed by atoms with E-state index in [4.69, 9.17) is 16.3 Å². The summed E-state index contributed by atoms with van der Waals surface area (Å²) >= 11 is 6.10. The molecule has 0 saturated carbocycles. The third kappa shape index (κ3) is 4.15. The predicted molar refractivity (Wildman–Crippen MR) is 89.0 cm³/mol. The average molecular weight is 346 g/mol. The van der Waals surface area contributed by atoms with Crippen molar-refractivity contribution >= 4 is 21.6 Å². The number of piperidine rings is 1. The van der Waals surface area contributed by atoms with E-state index in [9.17, 15) is 8.42 Å². The maximum atomic E-state index is 12.8. The smallest absolute Gasteiger partial charge is 0.243 e. The zero-order valence-corrected chi connectivity index (χ0v) is 14.8. The molecule has 0 aliphatic carbocycles. The van der Waals surface area contributed by atoms with Crippen molar-refractivity contribution in [3.63, 3.8) is 0 Å². The van der Waals surface area contributed by atoms with Crippen LogP contribution in [0.2, 0.25) is 5.02 Å². The summed E-state index contributed by atoms with van der Waals surface area (Å²) in [5.41, 5.74) is 0. The molecule has 2 rings (SSSR count). The van der Waals surface area contributed by atoms with Crippen molar-refractivity contribution in [2.24, 2.45) is 5.92 Å². The number of ether oxygens (including phenoxy) is 1. The van der Waals surface area contributed by atoms with Gasteiger partial charge >= 0.3 is 0 Å². The second-order valence-electron chi connectivity index (χ2n) is 5.90. The molecule has 124 valence electrons. The molecule has 1 unspecified atom stereocenters. The van der Waals surface area contributed by atoms with E-state index in [1.165, 1.54) is 0 Å². The van der Waals surface area contributed by atoms with Crippen LogP contribution in [0, 0.1) is 5.92 Å². The molecule has 0 N–H and O–H groups in total. The topological polar surface area (TPSA) is 46.6 Å². The van der Waals surface area contributed by atoms with Gasteiger partial charge in [0, 0.05) is 19.2 Å². The quantitative estimate of drug-likeness (QED) is 0.733. The first kappa shape index (κ1) is 17.6. The number of benzene rings is 1. The van der Waals surface area contributed by atoms with Gasteiger partial charge in [-0.25, -0.2) is 8.42 Å². The lowest BCUT2D eigenvalue weighted by Crippen LogP contribution is -2.39. The van der Waals surface area contributed by atoms with E-state index in [1.54, 1.807) is 22.5 Å². The minimum atomic E-state index is -3.47. The van der Waals surface area contributed by atoms with Crippen molar-refractivity contribution in [3.05, 3.63) is 23.2 Å². The molecule has 1 atom stereocenters. The fraction of sp³-hybridized carbons (Fsp3) is 0.625. The molecular formula is C16H24ClNO3S. The largest absolute Gasteiger partial charge is 0.492 e. The van der Waals surface area contributed by atoms with Gasteiger partial charge in [-0.15, -0.1) is 0 Å². The summed E-state index contributed by atoms with van der Waals surface area (Å²) in [7, 11) is -3.47. The summed E-state index contributed by atoms with van der Waals surface area (Å²) in [4.78, 5) is 0.262. The van der Waals surface area contributed by atoms with Gasteiger partial charge in [0.2, 0.25) is 10.0 Å². The summed E-state index contributed by atoms with van der Waals surface area (Å²) in [6.07, 6.45) is 3.92. The van der Waals surface area contributed by atoms with E-state index in [1.807, 2.05) is 0 Å². The van der Waals surface area contributed by atoms with Gasteiger partial charge in [-0.1, -0.05) is 31.9 Å². The fourth-order valence-corrected chi connectivity index (χ4v) is 4.38. The van der Waals surface area contributed by atoms with Crippen molar-refractivity contribution in [2.45, 2.75) is 44.4 Å². The Labute approximate surface area is 138 Å². The van der Waals surface area contributed by atoms with E-state index in [0.717, 1.165) is 25.7 Å². The molecule has 0 amide bonds. The number of rotatable bonds is 6. The van der Waals surface area contributed by atoms with Crippen LogP contribution in [0.15, 0.2) is 23.1 Å². The first-order valence-corrected chi connectivity index (χ1v) is 9.69. The maximum Gasteiger partial charge on any atom is 0.243 e. The van der Waals surface area contributed by atoms with Crippen LogP contribution >= 0.6 is 11.6 Å². The van der Waals surface area contributed by atoms with Crippen molar-refractivity contribution in [2.75, 3.05) is 19.7 Å². The van der Waals surface area contributed by atoms with Gasteiger partial charge in [0.15, 0.2) is 0 Å². The van der Waals surface area contributed by atoms with Crippen molar-refractivity contribution < 1.29 is 13.2 Å². The molecular weight excluding hydrogens is 322 g/mol. The normalized spacial score (nSPS) is 20.0. The van der Waals surface area contributed by atoms with Gasteiger partial charge in [0.05, 0.1) is 16.5 Å². The monoisotopic (exact) mass is 345 g/mol. The lowest BCUT2D eigenvalue weighted by Gasteiger charge is -2.30. The first-order valence-electron chi connectivity index (χ1n) is 7.87. The SMILES string of the molecule is CCCCOc1cc(S(=O)(=O)N2CCCC(C)C2)ccc1Cl. The van der Waals surface area contributed by atoms with Crippen LogP contribution in [-0.4, -0.2) is 32.4 Å². The highest BCUT2D eigenvalue weighted by molar-refractivity contribution is 7.89. The van der Waals surface area contributed by atoms with E-state index < -0.39 is 10.0 Å². The third-order valence-corrected chi connectivity index (χ3v) is 6.09. The van der Waals surface area contributed by atoms with Crippen LogP contribution in [0.1, 0.15) is 39.5 Å². The van der Waals surface area contributed by atoms with Crippen LogP contribution in [0.5, 0.6) is 5.75 Å². The summed E-state index contributed by atoms with van der Waals surface area (Å²) in [6, 6.07) is 4.71. The summed E-state index contributed by atoms with van der Waals surface area (Å²) in [5.74, 6) is 0.845. The highest BCUT2D eigenvalue weighted by Gasteiger charge is 2.29. The Hall–Kier alpha value is -0.780. The summed E-state index contributed by atoms with van der Waals surface area (Å²) < 4.78 is 32.7.